The minimum Gasteiger partial charge on any atom is -0.384 e. The van der Waals surface area contributed by atoms with E-state index in [1.165, 1.54) is 12.1 Å². The predicted molar refractivity (Wildman–Crippen MR) is 74.4 cm³/mol. The highest BCUT2D eigenvalue weighted by Crippen LogP contribution is 2.32. The maximum absolute atomic E-state index is 12.7. The smallest absolute Gasteiger partial charge is 0.384 e. The first-order valence-electron chi connectivity index (χ1n) is 5.90. The molecular formula is C15H12BrF3O. The number of rotatable bonds is 2. The Hall–Kier alpha value is -1.33. The van der Waals surface area contributed by atoms with Crippen molar-refractivity contribution in [3.05, 3.63) is 69.2 Å². The molecule has 1 nitrogen and oxygen atoms in total. The molecule has 0 aliphatic rings. The van der Waals surface area contributed by atoms with Crippen LogP contribution in [-0.4, -0.2) is 5.11 Å². The van der Waals surface area contributed by atoms with Crippen LogP contribution in [0.2, 0.25) is 0 Å². The molecule has 0 saturated heterocycles. The van der Waals surface area contributed by atoms with E-state index in [1.54, 1.807) is 18.2 Å². The maximum atomic E-state index is 12.7. The SMILES string of the molecule is Cc1cc(C(O)c2cccc(C(F)(F)F)c2)ccc1Br. The molecule has 0 amide bonds. The molecule has 20 heavy (non-hydrogen) atoms. The van der Waals surface area contributed by atoms with E-state index in [-0.39, 0.29) is 5.56 Å². The Morgan fingerprint density at radius 2 is 1.70 bits per heavy atom. The number of aryl methyl sites for hydroxylation is 1. The number of benzene rings is 2. The fourth-order valence-electron chi connectivity index (χ4n) is 1.92. The number of alkyl halides is 3. The van der Waals surface area contributed by atoms with Gasteiger partial charge in [0.25, 0.3) is 0 Å². The molecule has 1 N–H and O–H groups in total. The molecule has 2 aromatic carbocycles. The zero-order valence-electron chi connectivity index (χ0n) is 10.6. The Balaban J connectivity index is 2.38. The second-order valence-electron chi connectivity index (χ2n) is 4.53. The summed E-state index contributed by atoms with van der Waals surface area (Å²) in [6, 6.07) is 9.94. The Bertz CT molecular complexity index is 623. The second-order valence-corrected chi connectivity index (χ2v) is 5.39. The molecule has 5 heteroatoms. The first-order chi connectivity index (χ1) is 9.29. The van der Waals surface area contributed by atoms with Crippen molar-refractivity contribution in [2.75, 3.05) is 0 Å². The van der Waals surface area contributed by atoms with E-state index in [9.17, 15) is 18.3 Å². The molecule has 0 saturated carbocycles. The first-order valence-corrected chi connectivity index (χ1v) is 6.69. The largest absolute Gasteiger partial charge is 0.416 e. The van der Waals surface area contributed by atoms with Gasteiger partial charge in [-0.15, -0.1) is 0 Å². The van der Waals surface area contributed by atoms with Gasteiger partial charge in [0.1, 0.15) is 6.10 Å². The van der Waals surface area contributed by atoms with Crippen molar-refractivity contribution in [2.24, 2.45) is 0 Å². The van der Waals surface area contributed by atoms with Crippen LogP contribution in [0.4, 0.5) is 13.2 Å². The lowest BCUT2D eigenvalue weighted by Crippen LogP contribution is -2.07. The van der Waals surface area contributed by atoms with Crippen molar-refractivity contribution in [2.45, 2.75) is 19.2 Å². The third kappa shape index (κ3) is 3.22. The molecule has 0 aliphatic carbocycles. The number of aliphatic hydroxyl groups excluding tert-OH is 1. The van der Waals surface area contributed by atoms with Crippen molar-refractivity contribution in [3.63, 3.8) is 0 Å². The van der Waals surface area contributed by atoms with Gasteiger partial charge in [-0.2, -0.15) is 13.2 Å². The summed E-state index contributed by atoms with van der Waals surface area (Å²) in [7, 11) is 0. The van der Waals surface area contributed by atoms with Crippen molar-refractivity contribution in [3.8, 4) is 0 Å². The molecular weight excluding hydrogens is 333 g/mol. The molecule has 0 radical (unpaired) electrons. The van der Waals surface area contributed by atoms with Crippen molar-refractivity contribution in [1.82, 2.24) is 0 Å². The van der Waals surface area contributed by atoms with Crippen molar-refractivity contribution < 1.29 is 18.3 Å². The van der Waals surface area contributed by atoms with Crippen LogP contribution in [0.5, 0.6) is 0 Å². The lowest BCUT2D eigenvalue weighted by atomic mass is 9.98. The highest BCUT2D eigenvalue weighted by atomic mass is 79.9. The molecule has 1 atom stereocenters. The van der Waals surface area contributed by atoms with Gasteiger partial charge >= 0.3 is 6.18 Å². The molecule has 1 unspecified atom stereocenters. The van der Waals surface area contributed by atoms with Crippen LogP contribution in [0.1, 0.15) is 28.4 Å². The molecule has 0 bridgehead atoms. The van der Waals surface area contributed by atoms with Gasteiger partial charge in [-0.3, -0.25) is 0 Å². The van der Waals surface area contributed by atoms with E-state index in [4.69, 9.17) is 0 Å². The summed E-state index contributed by atoms with van der Waals surface area (Å²) in [4.78, 5) is 0. The van der Waals surface area contributed by atoms with Gasteiger partial charge in [-0.25, -0.2) is 0 Å². The quantitative estimate of drug-likeness (QED) is 0.824. The number of halogens is 4. The summed E-state index contributed by atoms with van der Waals surface area (Å²) in [5.41, 5.74) is 0.933. The molecule has 0 aliphatic heterocycles. The third-order valence-electron chi connectivity index (χ3n) is 3.03. The topological polar surface area (TPSA) is 20.2 Å². The third-order valence-corrected chi connectivity index (χ3v) is 3.92. The minimum atomic E-state index is -4.41. The summed E-state index contributed by atoms with van der Waals surface area (Å²) in [6.07, 6.45) is -5.49. The van der Waals surface area contributed by atoms with Crippen LogP contribution in [0.15, 0.2) is 46.9 Å². The molecule has 0 fully saturated rings. The lowest BCUT2D eigenvalue weighted by molar-refractivity contribution is -0.137. The highest BCUT2D eigenvalue weighted by Gasteiger charge is 2.30. The average Bonchev–Trinajstić information content (AvgIpc) is 2.40. The van der Waals surface area contributed by atoms with Crippen LogP contribution in [0.3, 0.4) is 0 Å². The van der Waals surface area contributed by atoms with Gasteiger partial charge in [0.2, 0.25) is 0 Å². The second kappa shape index (κ2) is 5.58. The maximum Gasteiger partial charge on any atom is 0.416 e. The summed E-state index contributed by atoms with van der Waals surface area (Å²) in [6.45, 7) is 1.85. The van der Waals surface area contributed by atoms with Crippen LogP contribution in [0.25, 0.3) is 0 Å². The van der Waals surface area contributed by atoms with Crippen molar-refractivity contribution >= 4 is 15.9 Å². The van der Waals surface area contributed by atoms with Crippen LogP contribution < -0.4 is 0 Å². The molecule has 0 aromatic heterocycles. The fourth-order valence-corrected chi connectivity index (χ4v) is 2.16. The summed E-state index contributed by atoms with van der Waals surface area (Å²) in [5, 5.41) is 10.2. The number of hydrogen-bond donors (Lipinski definition) is 1. The Morgan fingerprint density at radius 3 is 2.30 bits per heavy atom. The summed E-state index contributed by atoms with van der Waals surface area (Å²) < 4.78 is 38.9. The lowest BCUT2D eigenvalue weighted by Gasteiger charge is -2.15. The number of hydrogen-bond acceptors (Lipinski definition) is 1. The standard InChI is InChI=1S/C15H12BrF3O/c1-9-7-11(5-6-13(9)16)14(20)10-3-2-4-12(8-10)15(17,18)19/h2-8,14,20H,1H3. The average molecular weight is 345 g/mol. The number of aliphatic hydroxyl groups is 1. The Labute approximate surface area is 123 Å². The van der Waals surface area contributed by atoms with Gasteiger partial charge in [-0.1, -0.05) is 40.2 Å². The van der Waals surface area contributed by atoms with Gasteiger partial charge < -0.3 is 5.11 Å². The van der Waals surface area contributed by atoms with E-state index in [0.29, 0.717) is 5.56 Å². The van der Waals surface area contributed by atoms with E-state index in [1.807, 2.05) is 6.92 Å². The van der Waals surface area contributed by atoms with E-state index in [2.05, 4.69) is 15.9 Å². The van der Waals surface area contributed by atoms with Crippen LogP contribution in [0, 0.1) is 6.92 Å². The van der Waals surface area contributed by atoms with Crippen LogP contribution >= 0.6 is 15.9 Å². The summed E-state index contributed by atoms with van der Waals surface area (Å²) in [5.74, 6) is 0. The Morgan fingerprint density at radius 1 is 1.05 bits per heavy atom. The van der Waals surface area contributed by atoms with Crippen LogP contribution in [-0.2, 0) is 6.18 Å². The monoisotopic (exact) mass is 344 g/mol. The summed E-state index contributed by atoms with van der Waals surface area (Å²) >= 11 is 3.34. The predicted octanol–water partition coefficient (Wildman–Crippen LogP) is 4.86. The molecule has 0 spiro atoms. The highest BCUT2D eigenvalue weighted by molar-refractivity contribution is 9.10. The van der Waals surface area contributed by atoms with E-state index in [0.717, 1.165) is 22.2 Å². The van der Waals surface area contributed by atoms with Gasteiger partial charge in [0.05, 0.1) is 5.56 Å². The van der Waals surface area contributed by atoms with Gasteiger partial charge in [0.15, 0.2) is 0 Å². The van der Waals surface area contributed by atoms with E-state index < -0.39 is 17.8 Å². The molecule has 2 rings (SSSR count). The molecule has 0 heterocycles. The first kappa shape index (κ1) is 15.1. The molecule has 2 aromatic rings. The normalized spacial score (nSPS) is 13.3. The van der Waals surface area contributed by atoms with Gasteiger partial charge in [0, 0.05) is 4.47 Å². The minimum absolute atomic E-state index is 0.224. The fraction of sp³-hybridized carbons (Fsp3) is 0.200. The van der Waals surface area contributed by atoms with Crippen molar-refractivity contribution in [1.29, 1.82) is 0 Å². The van der Waals surface area contributed by atoms with Gasteiger partial charge in [-0.05, 0) is 41.8 Å². The Kier molecular flexibility index (Phi) is 4.20. The zero-order chi connectivity index (χ0) is 14.9. The van der Waals surface area contributed by atoms with E-state index >= 15 is 0 Å². The molecule has 106 valence electrons. The zero-order valence-corrected chi connectivity index (χ0v) is 12.2.